The summed E-state index contributed by atoms with van der Waals surface area (Å²) in [5, 5.41) is 2.65. The monoisotopic (exact) mass is 178 g/mol. The van der Waals surface area contributed by atoms with E-state index in [1.165, 1.54) is 0 Å². The zero-order valence-corrected chi connectivity index (χ0v) is 7.52. The Labute approximate surface area is 86.2 Å². The molecule has 0 bridgehead atoms. The van der Waals surface area contributed by atoms with Gasteiger partial charge in [0.15, 0.2) is 0 Å². The molecular formula is C12H15N. The molecule has 1 saturated carbocycles. The molecule has 1 heterocycles. The predicted molar refractivity (Wildman–Crippen MR) is 53.8 cm³/mol. The highest BCUT2D eigenvalue weighted by Gasteiger charge is 2.57. The van der Waals surface area contributed by atoms with Crippen molar-refractivity contribution in [2.75, 3.05) is 13.0 Å². The summed E-state index contributed by atoms with van der Waals surface area (Å²) in [4.78, 5) is 0. The number of piperidine rings is 1. The average molecular weight is 178 g/mol. The summed E-state index contributed by atoms with van der Waals surface area (Å²) in [5.41, 5.74) is 0.708. The van der Waals surface area contributed by atoms with E-state index < -0.39 is 24.2 Å². The van der Waals surface area contributed by atoms with Gasteiger partial charge < -0.3 is 5.32 Å². The van der Waals surface area contributed by atoms with Crippen molar-refractivity contribution in [3.8, 4) is 0 Å². The molecule has 0 aromatic heterocycles. The molecule has 2 fully saturated rings. The molecule has 3 rings (SSSR count). The lowest BCUT2D eigenvalue weighted by atomic mass is 9.94. The summed E-state index contributed by atoms with van der Waals surface area (Å²) in [7, 11) is 0. The van der Waals surface area contributed by atoms with Crippen LogP contribution in [0.25, 0.3) is 0 Å². The fourth-order valence-electron chi connectivity index (χ4n) is 1.87. The zero-order valence-electron chi connectivity index (χ0n) is 12.5. The molecule has 2 aliphatic rings. The number of nitrogens with one attached hydrogen (secondary N) is 1. The molecule has 1 N–H and O–H groups in total. The third-order valence-corrected chi connectivity index (χ3v) is 2.81. The Morgan fingerprint density at radius 3 is 2.92 bits per heavy atom. The van der Waals surface area contributed by atoms with E-state index in [0.717, 1.165) is 5.56 Å². The first-order valence-electron chi connectivity index (χ1n) is 7.03. The first kappa shape index (κ1) is 4.14. The highest BCUT2D eigenvalue weighted by molar-refractivity contribution is 5.38. The van der Waals surface area contributed by atoms with Gasteiger partial charge in [0.1, 0.15) is 0 Å². The zero-order chi connectivity index (χ0) is 13.4. The first-order valence-corrected chi connectivity index (χ1v) is 4.53. The standard InChI is InChI=1S/C12H15N/c1-9-2-4-10(5-3-9)12-6-11(12)7-13-8-12/h2-5,11,13H,6-8H2,1H3/t11-,12+/m0/s1/i6D2,7D2,11D. The third kappa shape index (κ3) is 0.969. The minimum Gasteiger partial charge on any atom is -0.316 e. The van der Waals surface area contributed by atoms with Crippen molar-refractivity contribution >= 4 is 0 Å². The summed E-state index contributed by atoms with van der Waals surface area (Å²) in [5.74, 6) is -1.75. The summed E-state index contributed by atoms with van der Waals surface area (Å²) in [6.45, 7) is 0.115. The van der Waals surface area contributed by atoms with Crippen LogP contribution in [-0.4, -0.2) is 13.0 Å². The second kappa shape index (κ2) is 2.36. The average Bonchev–Trinajstić information content (AvgIpc) is 2.55. The molecule has 1 nitrogen and oxygen atoms in total. The number of benzene rings is 1. The molecule has 68 valence electrons. The highest BCUT2D eigenvalue weighted by atomic mass is 15.0. The fourth-order valence-corrected chi connectivity index (χ4v) is 1.87. The van der Waals surface area contributed by atoms with Crippen molar-refractivity contribution in [1.29, 1.82) is 0 Å². The molecule has 1 aliphatic carbocycles. The number of aryl methyl sites for hydroxylation is 1. The van der Waals surface area contributed by atoms with Gasteiger partial charge in [-0.15, -0.1) is 0 Å². The Balaban J connectivity index is 2.15. The van der Waals surface area contributed by atoms with E-state index in [1.807, 2.05) is 31.2 Å². The van der Waals surface area contributed by atoms with Gasteiger partial charge in [0.2, 0.25) is 0 Å². The normalized spacial score (nSPS) is 55.0. The molecule has 0 unspecified atom stereocenters. The highest BCUT2D eigenvalue weighted by Crippen LogP contribution is 2.56. The molecule has 1 aromatic rings. The lowest BCUT2D eigenvalue weighted by Crippen LogP contribution is -2.19. The van der Waals surface area contributed by atoms with Gasteiger partial charge in [-0.1, -0.05) is 29.8 Å². The Kier molecular flexibility index (Phi) is 0.750. The summed E-state index contributed by atoms with van der Waals surface area (Å²) >= 11 is 0. The van der Waals surface area contributed by atoms with Crippen LogP contribution in [0, 0.1) is 12.8 Å². The summed E-state index contributed by atoms with van der Waals surface area (Å²) in [6, 6.07) is 7.39. The Morgan fingerprint density at radius 1 is 1.54 bits per heavy atom. The van der Waals surface area contributed by atoms with Gasteiger partial charge >= 0.3 is 0 Å². The van der Waals surface area contributed by atoms with Crippen molar-refractivity contribution in [3.05, 3.63) is 35.4 Å². The molecule has 0 radical (unpaired) electrons. The first-order chi connectivity index (χ1) is 8.21. The van der Waals surface area contributed by atoms with E-state index in [2.05, 4.69) is 5.32 Å². The summed E-state index contributed by atoms with van der Waals surface area (Å²) in [6.07, 6.45) is -1.84. The van der Waals surface area contributed by atoms with Crippen molar-refractivity contribution < 1.29 is 6.85 Å². The van der Waals surface area contributed by atoms with Crippen molar-refractivity contribution in [2.24, 2.45) is 5.89 Å². The van der Waals surface area contributed by atoms with Crippen LogP contribution in [0.4, 0.5) is 0 Å². The van der Waals surface area contributed by atoms with Gasteiger partial charge in [0.05, 0.1) is 0 Å². The third-order valence-electron chi connectivity index (χ3n) is 2.81. The van der Waals surface area contributed by atoms with E-state index >= 15 is 0 Å². The van der Waals surface area contributed by atoms with Gasteiger partial charge in [-0.2, -0.15) is 0 Å². The maximum absolute atomic E-state index is 8.29. The van der Waals surface area contributed by atoms with Gasteiger partial charge in [-0.3, -0.25) is 0 Å². The van der Waals surface area contributed by atoms with E-state index in [9.17, 15) is 0 Å². The molecule has 2 atom stereocenters. The largest absolute Gasteiger partial charge is 0.316 e. The Morgan fingerprint density at radius 2 is 2.31 bits per heavy atom. The number of fused-ring (bicyclic) bond motifs is 1. The topological polar surface area (TPSA) is 12.0 Å². The Bertz CT molecular complexity index is 512. The van der Waals surface area contributed by atoms with Crippen LogP contribution in [0.1, 0.15) is 24.4 Å². The van der Waals surface area contributed by atoms with Gasteiger partial charge in [0, 0.05) is 18.8 Å². The van der Waals surface area contributed by atoms with Crippen molar-refractivity contribution in [1.82, 2.24) is 5.32 Å². The predicted octanol–water partition coefficient (Wildman–Crippen LogP) is 1.86. The van der Waals surface area contributed by atoms with Gasteiger partial charge in [-0.25, -0.2) is 0 Å². The van der Waals surface area contributed by atoms with Crippen LogP contribution in [0.15, 0.2) is 24.3 Å². The van der Waals surface area contributed by atoms with Gasteiger partial charge in [0.25, 0.3) is 0 Å². The van der Waals surface area contributed by atoms with Crippen LogP contribution in [-0.2, 0) is 5.41 Å². The number of hydrogen-bond acceptors (Lipinski definition) is 1. The minimum absolute atomic E-state index is 0.166. The second-order valence-electron chi connectivity index (χ2n) is 3.75. The molecule has 0 spiro atoms. The second-order valence-corrected chi connectivity index (χ2v) is 3.75. The van der Waals surface area contributed by atoms with Crippen LogP contribution >= 0.6 is 0 Å². The lowest BCUT2D eigenvalue weighted by molar-refractivity contribution is 0.675. The van der Waals surface area contributed by atoms with Crippen molar-refractivity contribution in [2.45, 2.75) is 18.7 Å². The molecule has 0 amide bonds. The van der Waals surface area contributed by atoms with E-state index in [-0.39, 0.29) is 6.54 Å². The SMILES string of the molecule is [2H]C1([2H])NC[C@@]2(c3ccc(C)cc3)C([2H])([2H])[C@@]12[2H]. The van der Waals surface area contributed by atoms with Crippen LogP contribution in [0.2, 0.25) is 0 Å². The minimum atomic E-state index is -2.00. The number of hydrogen-bond donors (Lipinski definition) is 1. The van der Waals surface area contributed by atoms with Crippen LogP contribution < -0.4 is 5.32 Å². The number of rotatable bonds is 1. The lowest BCUT2D eigenvalue weighted by Gasteiger charge is -2.11. The van der Waals surface area contributed by atoms with E-state index in [1.54, 1.807) is 0 Å². The summed E-state index contributed by atoms with van der Waals surface area (Å²) < 4.78 is 40.1. The molecule has 1 saturated heterocycles. The molecule has 1 heteroatoms. The van der Waals surface area contributed by atoms with E-state index in [0.29, 0.717) is 5.56 Å². The van der Waals surface area contributed by atoms with Crippen LogP contribution in [0.5, 0.6) is 0 Å². The maximum atomic E-state index is 8.29. The van der Waals surface area contributed by atoms with Gasteiger partial charge in [-0.05, 0) is 31.3 Å². The van der Waals surface area contributed by atoms with E-state index in [4.69, 9.17) is 6.85 Å². The van der Waals surface area contributed by atoms with Crippen molar-refractivity contribution in [3.63, 3.8) is 0 Å². The smallest absolute Gasteiger partial charge is 0.0431 e. The fraction of sp³-hybridized carbons (Fsp3) is 0.500. The quantitative estimate of drug-likeness (QED) is 0.692. The maximum Gasteiger partial charge on any atom is 0.0431 e. The molecule has 1 aromatic carbocycles. The van der Waals surface area contributed by atoms with Crippen LogP contribution in [0.3, 0.4) is 0 Å². The Hall–Kier alpha value is -0.820. The molecule has 13 heavy (non-hydrogen) atoms. The molecule has 1 aliphatic heterocycles. The molecular weight excluding hydrogens is 158 g/mol.